The van der Waals surface area contributed by atoms with Crippen LogP contribution in [0.15, 0.2) is 96.4 Å². The zero-order valence-electron chi connectivity index (χ0n) is 18.1. The van der Waals surface area contributed by atoms with E-state index < -0.39 is 0 Å². The predicted octanol–water partition coefficient (Wildman–Crippen LogP) is 4.67. The van der Waals surface area contributed by atoms with Crippen LogP contribution in [-0.4, -0.2) is 36.0 Å². The largest absolute Gasteiger partial charge is 0.323 e. The number of rotatable bonds is 7. The van der Waals surface area contributed by atoms with Crippen molar-refractivity contribution in [2.75, 3.05) is 10.7 Å². The third kappa shape index (κ3) is 4.38. The van der Waals surface area contributed by atoms with Gasteiger partial charge in [0.25, 0.3) is 0 Å². The molecule has 0 spiro atoms. The molecule has 5 rings (SSSR count). The zero-order valence-corrected chi connectivity index (χ0v) is 18.9. The minimum atomic E-state index is -0.0254. The fourth-order valence-corrected chi connectivity index (χ4v) is 4.46. The number of para-hydroxylation sites is 4. The zero-order chi connectivity index (χ0) is 22.6. The maximum Gasteiger partial charge on any atom is 0.242 e. The van der Waals surface area contributed by atoms with Gasteiger partial charge in [-0.05, 0) is 36.4 Å². The van der Waals surface area contributed by atoms with Crippen LogP contribution < -0.4 is 4.90 Å². The minimum Gasteiger partial charge on any atom is -0.323 e. The summed E-state index contributed by atoms with van der Waals surface area (Å²) in [5.41, 5.74) is 3.66. The maximum atomic E-state index is 13.3. The van der Waals surface area contributed by atoms with Crippen LogP contribution in [0.25, 0.3) is 11.0 Å². The molecule has 0 aliphatic carbocycles. The average Bonchev–Trinajstić information content (AvgIpc) is 3.43. The molecule has 7 nitrogen and oxygen atoms in total. The number of carbonyl (C=O) groups is 1. The normalized spacial score (nSPS) is 11.1. The molecule has 164 valence electrons. The van der Waals surface area contributed by atoms with E-state index in [1.54, 1.807) is 4.90 Å². The first kappa shape index (κ1) is 21.0. The third-order valence-corrected chi connectivity index (χ3v) is 6.37. The van der Waals surface area contributed by atoms with Gasteiger partial charge >= 0.3 is 0 Å². The van der Waals surface area contributed by atoms with E-state index in [0.717, 1.165) is 28.2 Å². The van der Waals surface area contributed by atoms with Crippen LogP contribution in [0.3, 0.4) is 0 Å². The summed E-state index contributed by atoms with van der Waals surface area (Å²) in [7, 11) is 1.92. The van der Waals surface area contributed by atoms with Crippen molar-refractivity contribution in [2.45, 2.75) is 11.7 Å². The Morgan fingerprint density at radius 2 is 1.52 bits per heavy atom. The number of aromatic nitrogens is 5. The van der Waals surface area contributed by atoms with Crippen LogP contribution >= 0.6 is 11.8 Å². The molecule has 33 heavy (non-hydrogen) atoms. The van der Waals surface area contributed by atoms with Crippen LogP contribution in [0.2, 0.25) is 0 Å². The van der Waals surface area contributed by atoms with E-state index in [9.17, 15) is 4.79 Å². The van der Waals surface area contributed by atoms with E-state index >= 15 is 0 Å². The highest BCUT2D eigenvalue weighted by molar-refractivity contribution is 7.99. The highest BCUT2D eigenvalue weighted by atomic mass is 32.2. The molecule has 0 unspecified atom stereocenters. The summed E-state index contributed by atoms with van der Waals surface area (Å²) in [6.07, 6.45) is 1.81. The van der Waals surface area contributed by atoms with Gasteiger partial charge in [-0.15, -0.1) is 10.2 Å². The van der Waals surface area contributed by atoms with Crippen LogP contribution in [-0.2, 0) is 18.4 Å². The van der Waals surface area contributed by atoms with Crippen LogP contribution in [0, 0.1) is 0 Å². The second kappa shape index (κ2) is 9.30. The van der Waals surface area contributed by atoms with Gasteiger partial charge < -0.3 is 9.13 Å². The van der Waals surface area contributed by atoms with Crippen molar-refractivity contribution in [3.05, 3.63) is 97.1 Å². The SMILES string of the molecule is Cn1c(Cn2cnc3ccccc32)nnc1SCC(=O)N(c1ccccc1)c1ccccc1. The molecule has 0 bridgehead atoms. The Labute approximate surface area is 195 Å². The number of carbonyl (C=O) groups excluding carboxylic acids is 1. The number of thioether (sulfide) groups is 1. The van der Waals surface area contributed by atoms with Crippen molar-refractivity contribution in [3.63, 3.8) is 0 Å². The van der Waals surface area contributed by atoms with Gasteiger partial charge in [-0.3, -0.25) is 9.69 Å². The summed E-state index contributed by atoms with van der Waals surface area (Å²) in [4.78, 5) is 19.4. The Morgan fingerprint density at radius 3 is 2.21 bits per heavy atom. The first-order valence-electron chi connectivity index (χ1n) is 10.5. The molecule has 1 amide bonds. The summed E-state index contributed by atoms with van der Waals surface area (Å²) >= 11 is 1.38. The number of anilines is 2. The fraction of sp³-hybridized carbons (Fsp3) is 0.120. The Bertz CT molecular complexity index is 1340. The summed E-state index contributed by atoms with van der Waals surface area (Å²) < 4.78 is 3.98. The van der Waals surface area contributed by atoms with Crippen molar-refractivity contribution in [1.82, 2.24) is 24.3 Å². The number of nitrogens with zero attached hydrogens (tertiary/aromatic N) is 6. The van der Waals surface area contributed by atoms with Crippen LogP contribution in [0.5, 0.6) is 0 Å². The van der Waals surface area contributed by atoms with E-state index in [2.05, 4.69) is 15.2 Å². The lowest BCUT2D eigenvalue weighted by Gasteiger charge is -2.22. The van der Waals surface area contributed by atoms with Gasteiger partial charge in [-0.25, -0.2) is 4.98 Å². The summed E-state index contributed by atoms with van der Waals surface area (Å²) in [6, 6.07) is 27.3. The molecule has 0 atom stereocenters. The Balaban J connectivity index is 1.32. The highest BCUT2D eigenvalue weighted by Gasteiger charge is 2.20. The van der Waals surface area contributed by atoms with Crippen LogP contribution in [0.1, 0.15) is 5.82 Å². The Morgan fingerprint density at radius 1 is 0.879 bits per heavy atom. The maximum absolute atomic E-state index is 13.3. The standard InChI is InChI=1S/C25H22N6OS/c1-29-23(16-30-18-26-21-14-8-9-15-22(21)30)27-28-25(29)33-17-24(32)31(19-10-4-2-5-11-19)20-12-6-3-7-13-20/h2-15,18H,16-17H2,1H3. The minimum absolute atomic E-state index is 0.0254. The van der Waals surface area contributed by atoms with Crippen molar-refractivity contribution in [2.24, 2.45) is 7.05 Å². The number of hydrogen-bond acceptors (Lipinski definition) is 5. The van der Waals surface area contributed by atoms with Gasteiger partial charge in [0.1, 0.15) is 0 Å². The average molecular weight is 455 g/mol. The van der Waals surface area contributed by atoms with Gasteiger partial charge in [0, 0.05) is 18.4 Å². The molecule has 5 aromatic rings. The molecule has 0 radical (unpaired) electrons. The van der Waals surface area contributed by atoms with E-state index in [4.69, 9.17) is 0 Å². The highest BCUT2D eigenvalue weighted by Crippen LogP contribution is 2.27. The topological polar surface area (TPSA) is 68.8 Å². The van der Waals surface area contributed by atoms with E-state index in [0.29, 0.717) is 11.7 Å². The summed E-state index contributed by atoms with van der Waals surface area (Å²) in [5, 5.41) is 9.38. The molecule has 0 aliphatic heterocycles. The predicted molar refractivity (Wildman–Crippen MR) is 131 cm³/mol. The molecule has 0 N–H and O–H groups in total. The molecule has 0 fully saturated rings. The number of imidazole rings is 1. The van der Waals surface area contributed by atoms with Crippen LogP contribution in [0.4, 0.5) is 11.4 Å². The van der Waals surface area contributed by atoms with Crippen molar-refractivity contribution in [3.8, 4) is 0 Å². The van der Waals surface area contributed by atoms with E-state index in [-0.39, 0.29) is 11.7 Å². The monoisotopic (exact) mass is 454 g/mol. The number of benzene rings is 3. The summed E-state index contributed by atoms with van der Waals surface area (Å²) in [6.45, 7) is 0.554. The number of hydrogen-bond donors (Lipinski definition) is 0. The molecule has 3 aromatic carbocycles. The first-order chi connectivity index (χ1) is 16.2. The molecule has 8 heteroatoms. The second-order valence-electron chi connectivity index (χ2n) is 7.51. The summed E-state index contributed by atoms with van der Waals surface area (Å²) in [5.74, 6) is 1.02. The van der Waals surface area contributed by atoms with Crippen molar-refractivity contribution >= 4 is 40.1 Å². The number of fused-ring (bicyclic) bond motifs is 1. The third-order valence-electron chi connectivity index (χ3n) is 5.37. The first-order valence-corrected chi connectivity index (χ1v) is 11.5. The molecule has 2 aromatic heterocycles. The van der Waals surface area contributed by atoms with Gasteiger partial charge in [0.2, 0.25) is 5.91 Å². The lowest BCUT2D eigenvalue weighted by molar-refractivity contribution is -0.115. The van der Waals surface area contributed by atoms with E-state index in [1.807, 2.05) is 107 Å². The Hall–Kier alpha value is -3.91. The van der Waals surface area contributed by atoms with Crippen molar-refractivity contribution < 1.29 is 4.79 Å². The molecule has 0 saturated carbocycles. The quantitative estimate of drug-likeness (QED) is 0.334. The molecular formula is C25H22N6OS. The van der Waals surface area contributed by atoms with Crippen molar-refractivity contribution in [1.29, 1.82) is 0 Å². The van der Waals surface area contributed by atoms with Gasteiger partial charge in [-0.1, -0.05) is 60.3 Å². The fourth-order valence-electron chi connectivity index (χ4n) is 3.68. The molecule has 0 saturated heterocycles. The van der Waals surface area contributed by atoms with Gasteiger partial charge in [0.15, 0.2) is 11.0 Å². The molecular weight excluding hydrogens is 432 g/mol. The van der Waals surface area contributed by atoms with Gasteiger partial charge in [0.05, 0.1) is 29.7 Å². The lowest BCUT2D eigenvalue weighted by Crippen LogP contribution is -2.27. The molecule has 0 aliphatic rings. The lowest BCUT2D eigenvalue weighted by atomic mass is 10.2. The van der Waals surface area contributed by atoms with E-state index in [1.165, 1.54) is 11.8 Å². The number of amides is 1. The molecule has 2 heterocycles. The Kier molecular flexibility index (Phi) is 5.91. The van der Waals surface area contributed by atoms with Gasteiger partial charge in [-0.2, -0.15) is 0 Å². The second-order valence-corrected chi connectivity index (χ2v) is 8.45. The smallest absolute Gasteiger partial charge is 0.242 e.